The van der Waals surface area contributed by atoms with E-state index >= 15 is 0 Å². The summed E-state index contributed by atoms with van der Waals surface area (Å²) in [4.78, 5) is 10.9. The lowest BCUT2D eigenvalue weighted by atomic mass is 10.2. The summed E-state index contributed by atoms with van der Waals surface area (Å²) in [7, 11) is 1.57. The van der Waals surface area contributed by atoms with Crippen LogP contribution in [0.1, 0.15) is 10.4 Å². The molecule has 0 aliphatic carbocycles. The third kappa shape index (κ3) is 2.63. The van der Waals surface area contributed by atoms with E-state index in [4.69, 9.17) is 21.1 Å². The van der Waals surface area contributed by atoms with Gasteiger partial charge in [-0.25, -0.2) is 0 Å². The molecule has 2 rings (SSSR count). The maximum atomic E-state index is 10.9. The van der Waals surface area contributed by atoms with Gasteiger partial charge >= 0.3 is 0 Å². The molecular formula is C14H11ClO3. The summed E-state index contributed by atoms with van der Waals surface area (Å²) in [5, 5.41) is 0.391. The highest BCUT2D eigenvalue weighted by Crippen LogP contribution is 2.33. The lowest BCUT2D eigenvalue weighted by Crippen LogP contribution is -1.92. The van der Waals surface area contributed by atoms with Gasteiger partial charge in [-0.15, -0.1) is 0 Å². The number of ether oxygens (including phenoxy) is 2. The highest BCUT2D eigenvalue weighted by atomic mass is 35.5. The van der Waals surface area contributed by atoms with Crippen LogP contribution < -0.4 is 9.47 Å². The summed E-state index contributed by atoms with van der Waals surface area (Å²) in [6, 6.07) is 12.1. The molecule has 0 fully saturated rings. The van der Waals surface area contributed by atoms with Gasteiger partial charge in [0.2, 0.25) is 0 Å². The first kappa shape index (κ1) is 12.5. The number of methoxy groups -OCH3 is 1. The van der Waals surface area contributed by atoms with E-state index in [1.54, 1.807) is 49.6 Å². The largest absolute Gasteiger partial charge is 0.497 e. The molecule has 0 radical (unpaired) electrons. The topological polar surface area (TPSA) is 35.5 Å². The molecule has 0 aromatic heterocycles. The zero-order valence-corrected chi connectivity index (χ0v) is 10.5. The lowest BCUT2D eigenvalue weighted by Gasteiger charge is -2.10. The normalized spacial score (nSPS) is 9.89. The summed E-state index contributed by atoms with van der Waals surface area (Å²) >= 11 is 6.02. The van der Waals surface area contributed by atoms with Gasteiger partial charge in [-0.1, -0.05) is 23.7 Å². The molecule has 0 atom stereocenters. The summed E-state index contributed by atoms with van der Waals surface area (Å²) < 4.78 is 10.7. The average molecular weight is 263 g/mol. The molecule has 0 N–H and O–H groups in total. The summed E-state index contributed by atoms with van der Waals surface area (Å²) in [5.74, 6) is 1.58. The Labute approximate surface area is 110 Å². The number of hydrogen-bond acceptors (Lipinski definition) is 3. The van der Waals surface area contributed by atoms with Gasteiger partial charge in [0.25, 0.3) is 0 Å². The fraction of sp³-hybridized carbons (Fsp3) is 0.0714. The van der Waals surface area contributed by atoms with Crippen LogP contribution >= 0.6 is 11.6 Å². The van der Waals surface area contributed by atoms with Gasteiger partial charge < -0.3 is 9.47 Å². The van der Waals surface area contributed by atoms with Crippen LogP contribution in [0.3, 0.4) is 0 Å². The maximum absolute atomic E-state index is 10.9. The second-order valence-corrected chi connectivity index (χ2v) is 3.96. The zero-order valence-electron chi connectivity index (χ0n) is 9.72. The molecule has 4 heteroatoms. The van der Waals surface area contributed by atoms with E-state index in [0.717, 1.165) is 0 Å². The number of benzene rings is 2. The predicted octanol–water partition coefficient (Wildman–Crippen LogP) is 3.95. The SMILES string of the molecule is COc1cccc(Oc2c(Cl)cccc2C=O)c1. The third-order valence-electron chi connectivity index (χ3n) is 2.39. The Morgan fingerprint density at radius 2 is 1.83 bits per heavy atom. The number of carbonyl (C=O) groups excluding carboxylic acids is 1. The van der Waals surface area contributed by atoms with Crippen molar-refractivity contribution in [2.24, 2.45) is 0 Å². The van der Waals surface area contributed by atoms with Crippen LogP contribution in [0.2, 0.25) is 5.02 Å². The van der Waals surface area contributed by atoms with Crippen molar-refractivity contribution in [2.75, 3.05) is 7.11 Å². The first-order valence-corrected chi connectivity index (χ1v) is 5.68. The Kier molecular flexibility index (Phi) is 3.85. The Bertz CT molecular complexity index is 567. The van der Waals surface area contributed by atoms with Gasteiger partial charge in [0.15, 0.2) is 12.0 Å². The molecule has 3 nitrogen and oxygen atoms in total. The smallest absolute Gasteiger partial charge is 0.156 e. The summed E-state index contributed by atoms with van der Waals surface area (Å²) in [6.45, 7) is 0. The minimum absolute atomic E-state index is 0.349. The van der Waals surface area contributed by atoms with Gasteiger partial charge in [0.05, 0.1) is 17.7 Å². The van der Waals surface area contributed by atoms with Gasteiger partial charge in [0, 0.05) is 6.07 Å². The van der Waals surface area contributed by atoms with Crippen LogP contribution in [-0.4, -0.2) is 13.4 Å². The minimum Gasteiger partial charge on any atom is -0.497 e. The van der Waals surface area contributed by atoms with Crippen molar-refractivity contribution < 1.29 is 14.3 Å². The van der Waals surface area contributed by atoms with Crippen molar-refractivity contribution in [1.29, 1.82) is 0 Å². The highest BCUT2D eigenvalue weighted by molar-refractivity contribution is 6.32. The predicted molar refractivity (Wildman–Crippen MR) is 69.9 cm³/mol. The van der Waals surface area contributed by atoms with Crippen LogP contribution in [0.5, 0.6) is 17.2 Å². The van der Waals surface area contributed by atoms with Crippen molar-refractivity contribution in [3.05, 3.63) is 53.1 Å². The molecular weight excluding hydrogens is 252 g/mol. The molecule has 0 saturated carbocycles. The van der Waals surface area contributed by atoms with E-state index in [1.807, 2.05) is 0 Å². The van der Waals surface area contributed by atoms with Crippen molar-refractivity contribution in [3.8, 4) is 17.2 Å². The first-order chi connectivity index (χ1) is 8.74. The summed E-state index contributed by atoms with van der Waals surface area (Å²) in [5.41, 5.74) is 0.408. The number of carbonyl (C=O) groups is 1. The highest BCUT2D eigenvalue weighted by Gasteiger charge is 2.09. The minimum atomic E-state index is 0.349. The molecule has 2 aromatic rings. The van der Waals surface area contributed by atoms with E-state index in [1.165, 1.54) is 0 Å². The van der Waals surface area contributed by atoms with Crippen LogP contribution in [0, 0.1) is 0 Å². The number of rotatable bonds is 4. The Balaban J connectivity index is 2.36. The van der Waals surface area contributed by atoms with E-state index in [2.05, 4.69) is 0 Å². The van der Waals surface area contributed by atoms with Crippen molar-refractivity contribution in [2.45, 2.75) is 0 Å². The molecule has 0 spiro atoms. The van der Waals surface area contributed by atoms with Crippen molar-refractivity contribution >= 4 is 17.9 Å². The molecule has 0 aliphatic rings. The second-order valence-electron chi connectivity index (χ2n) is 3.56. The van der Waals surface area contributed by atoms with E-state index < -0.39 is 0 Å². The quantitative estimate of drug-likeness (QED) is 0.783. The van der Waals surface area contributed by atoms with Gasteiger partial charge in [-0.2, -0.15) is 0 Å². The van der Waals surface area contributed by atoms with Gasteiger partial charge in [-0.05, 0) is 24.3 Å². The molecule has 18 heavy (non-hydrogen) atoms. The maximum Gasteiger partial charge on any atom is 0.156 e. The average Bonchev–Trinajstić information content (AvgIpc) is 2.41. The number of aldehydes is 1. The first-order valence-electron chi connectivity index (χ1n) is 5.30. The molecule has 92 valence electrons. The molecule has 0 aliphatic heterocycles. The molecule has 0 bridgehead atoms. The molecule has 2 aromatic carbocycles. The Hall–Kier alpha value is -2.00. The number of hydrogen-bond donors (Lipinski definition) is 0. The third-order valence-corrected chi connectivity index (χ3v) is 2.68. The summed E-state index contributed by atoms with van der Waals surface area (Å²) in [6.07, 6.45) is 0.710. The number of para-hydroxylation sites is 1. The van der Waals surface area contributed by atoms with Crippen molar-refractivity contribution in [1.82, 2.24) is 0 Å². The van der Waals surface area contributed by atoms with Gasteiger partial charge in [0.1, 0.15) is 11.5 Å². The fourth-order valence-electron chi connectivity index (χ4n) is 1.51. The second kappa shape index (κ2) is 5.56. The number of halogens is 1. The molecule has 0 heterocycles. The lowest BCUT2D eigenvalue weighted by molar-refractivity contribution is 0.112. The van der Waals surface area contributed by atoms with Crippen molar-refractivity contribution in [3.63, 3.8) is 0 Å². The molecule has 0 saturated heterocycles. The van der Waals surface area contributed by atoms with Crippen LogP contribution in [0.15, 0.2) is 42.5 Å². The van der Waals surface area contributed by atoms with Gasteiger partial charge in [-0.3, -0.25) is 4.79 Å². The van der Waals surface area contributed by atoms with E-state index in [-0.39, 0.29) is 0 Å². The van der Waals surface area contributed by atoms with E-state index in [0.29, 0.717) is 34.1 Å². The standard InChI is InChI=1S/C14H11ClO3/c1-17-11-5-3-6-12(8-11)18-14-10(9-16)4-2-7-13(14)15/h2-9H,1H3. The Morgan fingerprint density at radius 1 is 1.11 bits per heavy atom. The fourth-order valence-corrected chi connectivity index (χ4v) is 1.73. The van der Waals surface area contributed by atoms with Crippen LogP contribution in [0.4, 0.5) is 0 Å². The monoisotopic (exact) mass is 262 g/mol. The van der Waals surface area contributed by atoms with Crippen LogP contribution in [-0.2, 0) is 0 Å². The Morgan fingerprint density at radius 3 is 2.56 bits per heavy atom. The van der Waals surface area contributed by atoms with E-state index in [9.17, 15) is 4.79 Å². The zero-order chi connectivity index (χ0) is 13.0. The molecule has 0 amide bonds. The van der Waals surface area contributed by atoms with Crippen LogP contribution in [0.25, 0.3) is 0 Å². The molecule has 0 unspecified atom stereocenters.